The number of carbonyl (C=O) groups is 1. The van der Waals surface area contributed by atoms with Crippen molar-refractivity contribution in [3.8, 4) is 0 Å². The second kappa shape index (κ2) is 7.01. The van der Waals surface area contributed by atoms with Gasteiger partial charge < -0.3 is 10.2 Å². The van der Waals surface area contributed by atoms with Crippen LogP contribution >= 0.6 is 0 Å². The van der Waals surface area contributed by atoms with Crippen molar-refractivity contribution >= 4 is 27.8 Å². The Balaban J connectivity index is 2.41. The lowest BCUT2D eigenvalue weighted by molar-refractivity contribution is 0.252. The second-order valence-corrected chi connectivity index (χ2v) is 6.01. The van der Waals surface area contributed by atoms with Crippen LogP contribution in [-0.2, 0) is 10.0 Å². The summed E-state index contributed by atoms with van der Waals surface area (Å²) in [6, 6.07) is 1.20. The van der Waals surface area contributed by atoms with E-state index < -0.39 is 16.1 Å². The van der Waals surface area contributed by atoms with Crippen LogP contribution in [0.1, 0.15) is 0 Å². The number of sulfonamides is 1. The molecule has 9 nitrogen and oxygen atoms in total. The number of anilines is 2. The van der Waals surface area contributed by atoms with Crippen LogP contribution < -0.4 is 20.3 Å². The lowest BCUT2D eigenvalue weighted by Gasteiger charge is -2.12. The van der Waals surface area contributed by atoms with Crippen LogP contribution in [-0.4, -0.2) is 57.9 Å². The highest BCUT2D eigenvalue weighted by atomic mass is 32.2. The zero-order valence-corrected chi connectivity index (χ0v) is 12.4. The molecule has 0 aliphatic carbocycles. The molecule has 3 N–H and O–H groups in total. The van der Waals surface area contributed by atoms with E-state index >= 15 is 0 Å². The minimum absolute atomic E-state index is 0.116. The molecule has 1 aromatic heterocycles. The van der Waals surface area contributed by atoms with Gasteiger partial charge in [-0.2, -0.15) is 4.98 Å². The first-order valence-electron chi connectivity index (χ1n) is 5.78. The van der Waals surface area contributed by atoms with Gasteiger partial charge in [-0.25, -0.2) is 22.9 Å². The third-order valence-corrected chi connectivity index (χ3v) is 2.83. The predicted octanol–water partition coefficient (Wildman–Crippen LogP) is -0.787. The minimum Gasteiger partial charge on any atom is -0.363 e. The quantitative estimate of drug-likeness (QED) is 0.593. The van der Waals surface area contributed by atoms with Gasteiger partial charge in [-0.3, -0.25) is 5.32 Å². The van der Waals surface area contributed by atoms with Crippen molar-refractivity contribution in [2.24, 2.45) is 0 Å². The van der Waals surface area contributed by atoms with E-state index in [1.807, 2.05) is 14.1 Å². The summed E-state index contributed by atoms with van der Waals surface area (Å²) in [7, 11) is 0.397. The van der Waals surface area contributed by atoms with Crippen molar-refractivity contribution in [1.29, 1.82) is 0 Å². The smallest absolute Gasteiger partial charge is 0.321 e. The minimum atomic E-state index is -3.25. The SMILES string of the molecule is CN(C)c1ccnc(NC(=O)NCCNS(C)(=O)=O)n1. The van der Waals surface area contributed by atoms with E-state index in [-0.39, 0.29) is 19.0 Å². The summed E-state index contributed by atoms with van der Waals surface area (Å²) >= 11 is 0. The lowest BCUT2D eigenvalue weighted by Crippen LogP contribution is -2.36. The highest BCUT2D eigenvalue weighted by Crippen LogP contribution is 2.07. The molecular formula is C10H18N6O3S. The van der Waals surface area contributed by atoms with Crippen molar-refractivity contribution in [2.45, 2.75) is 0 Å². The van der Waals surface area contributed by atoms with Crippen molar-refractivity contribution in [3.63, 3.8) is 0 Å². The monoisotopic (exact) mass is 302 g/mol. The molecule has 0 atom stereocenters. The summed E-state index contributed by atoms with van der Waals surface area (Å²) in [4.78, 5) is 21.3. The third kappa shape index (κ3) is 6.29. The number of nitrogens with zero attached hydrogens (tertiary/aromatic N) is 3. The maximum atomic E-state index is 11.5. The van der Waals surface area contributed by atoms with Crippen molar-refractivity contribution in [3.05, 3.63) is 12.3 Å². The van der Waals surface area contributed by atoms with Gasteiger partial charge in [-0.15, -0.1) is 0 Å². The van der Waals surface area contributed by atoms with Crippen molar-refractivity contribution < 1.29 is 13.2 Å². The molecule has 112 valence electrons. The van der Waals surface area contributed by atoms with Crippen LogP contribution in [0.3, 0.4) is 0 Å². The number of urea groups is 1. The Morgan fingerprint density at radius 3 is 2.65 bits per heavy atom. The molecule has 0 aliphatic rings. The first-order valence-corrected chi connectivity index (χ1v) is 7.67. The normalized spacial score (nSPS) is 10.9. The molecule has 1 rings (SSSR count). The van der Waals surface area contributed by atoms with Crippen LogP contribution in [0.25, 0.3) is 0 Å². The molecule has 0 aliphatic heterocycles. The number of nitrogens with one attached hydrogen (secondary N) is 3. The highest BCUT2D eigenvalue weighted by Gasteiger charge is 2.06. The molecule has 0 fully saturated rings. The van der Waals surface area contributed by atoms with Crippen LogP contribution in [0.4, 0.5) is 16.6 Å². The molecule has 0 spiro atoms. The Labute approximate surface area is 117 Å². The first-order chi connectivity index (χ1) is 9.28. The second-order valence-electron chi connectivity index (χ2n) is 4.18. The first kappa shape index (κ1) is 16.1. The summed E-state index contributed by atoms with van der Waals surface area (Å²) in [5.74, 6) is 0.832. The van der Waals surface area contributed by atoms with Crippen LogP contribution in [0.2, 0.25) is 0 Å². The zero-order valence-electron chi connectivity index (χ0n) is 11.5. The van der Waals surface area contributed by atoms with E-state index in [1.54, 1.807) is 11.0 Å². The molecule has 2 amide bonds. The van der Waals surface area contributed by atoms with Crippen LogP contribution in [0, 0.1) is 0 Å². The highest BCUT2D eigenvalue weighted by molar-refractivity contribution is 7.88. The fraction of sp³-hybridized carbons (Fsp3) is 0.500. The topological polar surface area (TPSA) is 116 Å². The zero-order chi connectivity index (χ0) is 15.2. The molecule has 20 heavy (non-hydrogen) atoms. The van der Waals surface area contributed by atoms with Gasteiger partial charge in [0, 0.05) is 33.4 Å². The summed E-state index contributed by atoms with van der Waals surface area (Å²) in [6.45, 7) is 0.275. The van der Waals surface area contributed by atoms with Crippen LogP contribution in [0.5, 0.6) is 0 Å². The largest absolute Gasteiger partial charge is 0.363 e. The molecule has 1 heterocycles. The van der Waals surface area contributed by atoms with E-state index in [0.29, 0.717) is 5.82 Å². The standard InChI is InChI=1S/C10H18N6O3S/c1-16(2)8-4-5-11-9(14-8)15-10(17)12-6-7-13-20(3,18)19/h4-5,13H,6-7H2,1-3H3,(H2,11,12,14,15,17). The van der Waals surface area contributed by atoms with Gasteiger partial charge in [0.2, 0.25) is 16.0 Å². The van der Waals surface area contributed by atoms with Crippen molar-refractivity contribution in [2.75, 3.05) is 43.7 Å². The number of hydrogen-bond donors (Lipinski definition) is 3. The summed E-state index contributed by atoms with van der Waals surface area (Å²) in [6.07, 6.45) is 2.58. The summed E-state index contributed by atoms with van der Waals surface area (Å²) < 4.78 is 23.9. The average molecular weight is 302 g/mol. The van der Waals surface area contributed by atoms with E-state index in [0.717, 1.165) is 6.26 Å². The molecule has 0 radical (unpaired) electrons. The van der Waals surface area contributed by atoms with Gasteiger partial charge in [-0.05, 0) is 6.07 Å². The average Bonchev–Trinajstić information content (AvgIpc) is 2.34. The number of rotatable bonds is 6. The Hall–Kier alpha value is -1.94. The molecular weight excluding hydrogens is 284 g/mol. The Kier molecular flexibility index (Phi) is 5.65. The van der Waals surface area contributed by atoms with Crippen molar-refractivity contribution in [1.82, 2.24) is 20.0 Å². The summed E-state index contributed by atoms with van der Waals surface area (Å²) in [5, 5.41) is 4.94. The lowest BCUT2D eigenvalue weighted by atomic mass is 10.5. The van der Waals surface area contributed by atoms with Crippen LogP contribution in [0.15, 0.2) is 12.3 Å². The molecule has 1 aromatic rings. The number of aromatic nitrogens is 2. The molecule has 10 heteroatoms. The van der Waals surface area contributed by atoms with Gasteiger partial charge in [0.25, 0.3) is 0 Å². The molecule has 0 bridgehead atoms. The fourth-order valence-electron chi connectivity index (χ4n) is 1.22. The van der Waals surface area contributed by atoms with E-state index in [4.69, 9.17) is 0 Å². The van der Waals surface area contributed by atoms with Gasteiger partial charge in [0.15, 0.2) is 0 Å². The third-order valence-electron chi connectivity index (χ3n) is 2.10. The van der Waals surface area contributed by atoms with Gasteiger partial charge in [-0.1, -0.05) is 0 Å². The fourth-order valence-corrected chi connectivity index (χ4v) is 1.69. The molecule has 0 unspecified atom stereocenters. The molecule has 0 saturated carbocycles. The number of carbonyl (C=O) groups excluding carboxylic acids is 1. The summed E-state index contributed by atoms with van der Waals surface area (Å²) in [5.41, 5.74) is 0. The molecule has 0 aromatic carbocycles. The van der Waals surface area contributed by atoms with Gasteiger partial charge >= 0.3 is 6.03 Å². The maximum absolute atomic E-state index is 11.5. The maximum Gasteiger partial charge on any atom is 0.321 e. The van der Waals surface area contributed by atoms with Gasteiger partial charge in [0.1, 0.15) is 5.82 Å². The molecule has 0 saturated heterocycles. The van der Waals surface area contributed by atoms with E-state index in [2.05, 4.69) is 25.3 Å². The van der Waals surface area contributed by atoms with E-state index in [1.165, 1.54) is 6.20 Å². The Morgan fingerprint density at radius 1 is 1.35 bits per heavy atom. The van der Waals surface area contributed by atoms with E-state index in [9.17, 15) is 13.2 Å². The number of amides is 2. The Bertz CT molecular complexity index is 560. The number of hydrogen-bond acceptors (Lipinski definition) is 6. The Morgan fingerprint density at radius 2 is 2.05 bits per heavy atom. The van der Waals surface area contributed by atoms with Gasteiger partial charge in [0.05, 0.1) is 6.26 Å². The predicted molar refractivity (Wildman–Crippen MR) is 76.2 cm³/mol.